The highest BCUT2D eigenvalue weighted by Crippen LogP contribution is 2.21. The molecule has 5 nitrogen and oxygen atoms in total. The molecule has 0 heterocycles. The zero-order valence-corrected chi connectivity index (χ0v) is 15.8. The van der Waals surface area contributed by atoms with Gasteiger partial charge in [-0.25, -0.2) is 4.79 Å². The summed E-state index contributed by atoms with van der Waals surface area (Å²) in [7, 11) is 0. The Bertz CT molecular complexity index is 759. The Kier molecular flexibility index (Phi) is 6.78. The van der Waals surface area contributed by atoms with Gasteiger partial charge in [-0.15, -0.1) is 0 Å². The van der Waals surface area contributed by atoms with Crippen molar-refractivity contribution in [1.29, 1.82) is 0 Å². The minimum atomic E-state index is -0.363. The number of carbonyl (C=O) groups is 2. The topological polar surface area (TPSA) is 67.4 Å². The predicted octanol–water partition coefficient (Wildman–Crippen LogP) is 4.23. The fraction of sp³-hybridized carbons (Fsp3) is 0.333. The van der Waals surface area contributed by atoms with Gasteiger partial charge in [-0.05, 0) is 63.1 Å². The lowest BCUT2D eigenvalue weighted by atomic mass is 10.1. The van der Waals surface area contributed by atoms with Gasteiger partial charge in [0.25, 0.3) is 0 Å². The van der Waals surface area contributed by atoms with Crippen molar-refractivity contribution >= 4 is 23.3 Å². The Labute approximate surface area is 154 Å². The van der Waals surface area contributed by atoms with Gasteiger partial charge in [-0.2, -0.15) is 0 Å². The summed E-state index contributed by atoms with van der Waals surface area (Å²) in [5, 5.41) is 6.17. The molecular weight excluding hydrogens is 328 g/mol. The molecule has 0 bridgehead atoms. The molecule has 0 aliphatic carbocycles. The highest BCUT2D eigenvalue weighted by atomic mass is 16.5. The Hall–Kier alpha value is -2.82. The second kappa shape index (κ2) is 9.04. The SMILES string of the molecule is CCOC(=O)c1ccc(NC(=O)CCNc2c(C)cc(C)cc2C)cc1. The summed E-state index contributed by atoms with van der Waals surface area (Å²) in [5.74, 6) is -0.442. The van der Waals surface area contributed by atoms with E-state index in [2.05, 4.69) is 43.5 Å². The van der Waals surface area contributed by atoms with E-state index in [9.17, 15) is 9.59 Å². The van der Waals surface area contributed by atoms with Gasteiger partial charge in [0.15, 0.2) is 0 Å². The number of hydrogen-bond acceptors (Lipinski definition) is 4. The van der Waals surface area contributed by atoms with Gasteiger partial charge in [0.1, 0.15) is 0 Å². The number of aryl methyl sites for hydroxylation is 3. The van der Waals surface area contributed by atoms with Crippen molar-refractivity contribution in [2.45, 2.75) is 34.1 Å². The monoisotopic (exact) mass is 354 g/mol. The van der Waals surface area contributed by atoms with E-state index in [1.165, 1.54) is 16.7 Å². The molecule has 0 saturated heterocycles. The third-order valence-electron chi connectivity index (χ3n) is 4.01. The smallest absolute Gasteiger partial charge is 0.338 e. The van der Waals surface area contributed by atoms with E-state index < -0.39 is 0 Å². The molecule has 2 N–H and O–H groups in total. The van der Waals surface area contributed by atoms with Crippen LogP contribution in [0.5, 0.6) is 0 Å². The van der Waals surface area contributed by atoms with Gasteiger partial charge in [0.2, 0.25) is 5.91 Å². The lowest BCUT2D eigenvalue weighted by Gasteiger charge is -2.14. The van der Waals surface area contributed by atoms with E-state index >= 15 is 0 Å². The minimum absolute atomic E-state index is 0.0798. The number of ether oxygens (including phenoxy) is 1. The molecule has 5 heteroatoms. The molecule has 138 valence electrons. The first kappa shape index (κ1) is 19.5. The lowest BCUT2D eigenvalue weighted by Crippen LogP contribution is -2.17. The molecule has 1 amide bonds. The van der Waals surface area contributed by atoms with Gasteiger partial charge >= 0.3 is 5.97 Å². The van der Waals surface area contributed by atoms with Crippen LogP contribution >= 0.6 is 0 Å². The van der Waals surface area contributed by atoms with E-state index in [0.29, 0.717) is 30.8 Å². The van der Waals surface area contributed by atoms with Crippen LogP contribution in [-0.2, 0) is 9.53 Å². The summed E-state index contributed by atoms with van der Waals surface area (Å²) in [6.07, 6.45) is 0.354. The molecular formula is C21H26N2O3. The molecule has 0 radical (unpaired) electrons. The maximum Gasteiger partial charge on any atom is 0.338 e. The molecule has 2 aromatic carbocycles. The van der Waals surface area contributed by atoms with Crippen molar-refractivity contribution in [2.24, 2.45) is 0 Å². The summed E-state index contributed by atoms with van der Waals surface area (Å²) >= 11 is 0. The van der Waals surface area contributed by atoms with Crippen molar-refractivity contribution in [2.75, 3.05) is 23.8 Å². The predicted molar refractivity (Wildman–Crippen MR) is 105 cm³/mol. The van der Waals surface area contributed by atoms with Crippen LogP contribution in [0.25, 0.3) is 0 Å². The highest BCUT2D eigenvalue weighted by molar-refractivity contribution is 5.93. The number of esters is 1. The van der Waals surface area contributed by atoms with Crippen LogP contribution in [0.3, 0.4) is 0 Å². The van der Waals surface area contributed by atoms with Crippen LogP contribution in [0.1, 0.15) is 40.4 Å². The van der Waals surface area contributed by atoms with Crippen LogP contribution < -0.4 is 10.6 Å². The third-order valence-corrected chi connectivity index (χ3v) is 4.01. The lowest BCUT2D eigenvalue weighted by molar-refractivity contribution is -0.115. The quantitative estimate of drug-likeness (QED) is 0.730. The highest BCUT2D eigenvalue weighted by Gasteiger charge is 2.08. The van der Waals surface area contributed by atoms with Crippen molar-refractivity contribution < 1.29 is 14.3 Å². The number of benzene rings is 2. The zero-order chi connectivity index (χ0) is 19.1. The molecule has 0 fully saturated rings. The van der Waals surface area contributed by atoms with Gasteiger partial charge < -0.3 is 15.4 Å². The Balaban J connectivity index is 1.85. The zero-order valence-electron chi connectivity index (χ0n) is 15.8. The number of anilines is 2. The van der Waals surface area contributed by atoms with Crippen molar-refractivity contribution in [1.82, 2.24) is 0 Å². The molecule has 26 heavy (non-hydrogen) atoms. The minimum Gasteiger partial charge on any atom is -0.462 e. The van der Waals surface area contributed by atoms with E-state index in [-0.39, 0.29) is 11.9 Å². The van der Waals surface area contributed by atoms with Crippen LogP contribution in [0.15, 0.2) is 36.4 Å². The molecule has 0 saturated carbocycles. The Morgan fingerprint density at radius 1 is 1.00 bits per heavy atom. The van der Waals surface area contributed by atoms with E-state index in [4.69, 9.17) is 4.74 Å². The second-order valence-electron chi connectivity index (χ2n) is 6.30. The summed E-state index contributed by atoms with van der Waals surface area (Å²) < 4.78 is 4.94. The first-order valence-electron chi connectivity index (χ1n) is 8.79. The molecule has 2 rings (SSSR count). The van der Waals surface area contributed by atoms with Crippen molar-refractivity contribution in [3.63, 3.8) is 0 Å². The Morgan fingerprint density at radius 2 is 1.62 bits per heavy atom. The molecule has 0 unspecified atom stereocenters. The number of nitrogens with one attached hydrogen (secondary N) is 2. The van der Waals surface area contributed by atoms with Gasteiger partial charge in [-0.1, -0.05) is 17.7 Å². The second-order valence-corrected chi connectivity index (χ2v) is 6.30. The Morgan fingerprint density at radius 3 is 2.19 bits per heavy atom. The van der Waals surface area contributed by atoms with Crippen molar-refractivity contribution in [3.05, 3.63) is 58.7 Å². The van der Waals surface area contributed by atoms with Gasteiger partial charge in [-0.3, -0.25) is 4.79 Å². The molecule has 0 aromatic heterocycles. The number of rotatable bonds is 7. The summed E-state index contributed by atoms with van der Waals surface area (Å²) in [6.45, 7) is 8.85. The fourth-order valence-corrected chi connectivity index (χ4v) is 2.89. The molecule has 0 atom stereocenters. The average Bonchev–Trinajstić information content (AvgIpc) is 2.58. The van der Waals surface area contributed by atoms with Crippen molar-refractivity contribution in [3.8, 4) is 0 Å². The van der Waals surface area contributed by atoms with E-state index in [1.54, 1.807) is 31.2 Å². The van der Waals surface area contributed by atoms with Gasteiger partial charge in [0.05, 0.1) is 12.2 Å². The third kappa shape index (κ3) is 5.34. The number of hydrogen-bond donors (Lipinski definition) is 2. The standard InChI is InChI=1S/C21H26N2O3/c1-5-26-21(25)17-6-8-18(9-7-17)23-19(24)10-11-22-20-15(3)12-14(2)13-16(20)4/h6-9,12-13,22H,5,10-11H2,1-4H3,(H,23,24). The molecule has 0 aliphatic heterocycles. The first-order chi connectivity index (χ1) is 12.4. The van der Waals surface area contributed by atoms with E-state index in [0.717, 1.165) is 5.69 Å². The van der Waals surface area contributed by atoms with Crippen LogP contribution in [0.2, 0.25) is 0 Å². The normalized spacial score (nSPS) is 10.3. The van der Waals surface area contributed by atoms with Crippen LogP contribution in [0.4, 0.5) is 11.4 Å². The summed E-state index contributed by atoms with van der Waals surface area (Å²) in [5.41, 5.74) is 5.80. The van der Waals surface area contributed by atoms with Crippen LogP contribution in [-0.4, -0.2) is 25.0 Å². The first-order valence-corrected chi connectivity index (χ1v) is 8.79. The maximum absolute atomic E-state index is 12.1. The maximum atomic E-state index is 12.1. The number of carbonyl (C=O) groups excluding carboxylic acids is 2. The summed E-state index contributed by atoms with van der Waals surface area (Å²) in [4.78, 5) is 23.7. The van der Waals surface area contributed by atoms with Gasteiger partial charge in [0, 0.05) is 24.3 Å². The summed E-state index contributed by atoms with van der Waals surface area (Å²) in [6, 6.07) is 10.9. The largest absolute Gasteiger partial charge is 0.462 e. The average molecular weight is 354 g/mol. The molecule has 0 spiro atoms. The van der Waals surface area contributed by atoms with Crippen LogP contribution in [0, 0.1) is 20.8 Å². The molecule has 0 aliphatic rings. The van der Waals surface area contributed by atoms with E-state index in [1.807, 2.05) is 0 Å². The fourth-order valence-electron chi connectivity index (χ4n) is 2.89. The molecule has 2 aromatic rings. The number of amides is 1.